The van der Waals surface area contributed by atoms with Crippen LogP contribution < -0.4 is 15.4 Å². The Morgan fingerprint density at radius 3 is 2.68 bits per heavy atom. The summed E-state index contributed by atoms with van der Waals surface area (Å²) in [5.41, 5.74) is 1.30. The Morgan fingerprint density at radius 1 is 1.21 bits per heavy atom. The number of rotatable bonds is 8. The van der Waals surface area contributed by atoms with Gasteiger partial charge in [-0.25, -0.2) is 4.39 Å². The highest BCUT2D eigenvalue weighted by molar-refractivity contribution is 5.79. The highest BCUT2D eigenvalue weighted by atomic mass is 19.1. The van der Waals surface area contributed by atoms with E-state index in [1.165, 1.54) is 6.07 Å². The average Bonchev–Trinajstić information content (AvgIpc) is 3.51. The maximum Gasteiger partial charge on any atom is 0.191 e. The summed E-state index contributed by atoms with van der Waals surface area (Å²) in [6.07, 6.45) is 1.17. The summed E-state index contributed by atoms with van der Waals surface area (Å²) in [4.78, 5) is 4.66. The summed E-state index contributed by atoms with van der Waals surface area (Å²) >= 11 is 0. The van der Waals surface area contributed by atoms with E-state index in [4.69, 9.17) is 4.74 Å². The van der Waals surface area contributed by atoms with Gasteiger partial charge >= 0.3 is 0 Å². The van der Waals surface area contributed by atoms with Gasteiger partial charge in [-0.15, -0.1) is 0 Å². The maximum atomic E-state index is 14.2. The molecule has 0 radical (unpaired) electrons. The number of aliphatic hydroxyl groups is 1. The van der Waals surface area contributed by atoms with E-state index in [-0.39, 0.29) is 11.2 Å². The summed E-state index contributed by atoms with van der Waals surface area (Å²) in [7, 11) is 1.60. The van der Waals surface area contributed by atoms with Gasteiger partial charge in [0.2, 0.25) is 0 Å². The monoisotopic (exact) mass is 385 g/mol. The van der Waals surface area contributed by atoms with E-state index in [1.807, 2.05) is 43.3 Å². The number of nitrogens with zero attached hydrogens (tertiary/aromatic N) is 1. The zero-order valence-electron chi connectivity index (χ0n) is 16.4. The fraction of sp³-hybridized carbons (Fsp3) is 0.409. The first-order valence-corrected chi connectivity index (χ1v) is 9.67. The summed E-state index contributed by atoms with van der Waals surface area (Å²) in [6, 6.07) is 14.3. The minimum absolute atomic E-state index is 0.165. The molecule has 0 amide bonds. The Labute approximate surface area is 165 Å². The van der Waals surface area contributed by atoms with Crippen LogP contribution in [0.15, 0.2) is 53.5 Å². The molecule has 2 aromatic carbocycles. The number of guanidine groups is 1. The molecule has 6 heteroatoms. The highest BCUT2D eigenvalue weighted by Gasteiger charge is 2.45. The fourth-order valence-electron chi connectivity index (χ4n) is 3.29. The van der Waals surface area contributed by atoms with Crippen molar-refractivity contribution < 1.29 is 14.2 Å². The molecule has 3 rings (SSSR count). The highest BCUT2D eigenvalue weighted by Crippen LogP contribution is 2.49. The Hall–Kier alpha value is -2.60. The van der Waals surface area contributed by atoms with Crippen molar-refractivity contribution in [3.63, 3.8) is 0 Å². The molecule has 5 nitrogen and oxygen atoms in total. The largest absolute Gasteiger partial charge is 0.497 e. The van der Waals surface area contributed by atoms with Gasteiger partial charge in [-0.1, -0.05) is 30.3 Å². The van der Waals surface area contributed by atoms with Crippen LogP contribution in [0.2, 0.25) is 0 Å². The van der Waals surface area contributed by atoms with Crippen molar-refractivity contribution in [1.82, 2.24) is 10.6 Å². The third kappa shape index (κ3) is 4.81. The zero-order valence-corrected chi connectivity index (χ0v) is 16.4. The molecular weight excluding hydrogens is 357 g/mol. The van der Waals surface area contributed by atoms with Gasteiger partial charge in [0.15, 0.2) is 5.96 Å². The predicted octanol–water partition coefficient (Wildman–Crippen LogP) is 3.15. The first kappa shape index (κ1) is 20.1. The van der Waals surface area contributed by atoms with Gasteiger partial charge in [0.25, 0.3) is 0 Å². The number of ether oxygens (including phenoxy) is 1. The summed E-state index contributed by atoms with van der Waals surface area (Å²) < 4.78 is 19.4. The summed E-state index contributed by atoms with van der Waals surface area (Å²) in [5.74, 6) is 1.16. The molecule has 1 atom stereocenters. The first-order valence-electron chi connectivity index (χ1n) is 9.67. The van der Waals surface area contributed by atoms with Gasteiger partial charge in [0.1, 0.15) is 11.6 Å². The van der Waals surface area contributed by atoms with E-state index >= 15 is 0 Å². The molecule has 2 aromatic rings. The van der Waals surface area contributed by atoms with Crippen molar-refractivity contribution in [2.24, 2.45) is 4.99 Å². The van der Waals surface area contributed by atoms with Crippen LogP contribution in [0, 0.1) is 5.82 Å². The molecule has 1 saturated carbocycles. The standard InChI is InChI=1S/C22H28FN3O2/c1-3-24-21(25-14-20(27)16-7-6-8-17(13-16)28-2)26-15-22(11-12-22)18-9-4-5-10-19(18)23/h4-10,13,20,27H,3,11-12,14-15H2,1-2H3,(H2,24,25,26). The van der Waals surface area contributed by atoms with Gasteiger partial charge < -0.3 is 20.5 Å². The average molecular weight is 385 g/mol. The van der Waals surface area contributed by atoms with Crippen molar-refractivity contribution in [3.8, 4) is 5.75 Å². The Kier molecular flexibility index (Phi) is 6.52. The Bertz CT molecular complexity index is 821. The van der Waals surface area contributed by atoms with E-state index in [2.05, 4.69) is 15.6 Å². The van der Waals surface area contributed by atoms with Crippen molar-refractivity contribution in [3.05, 3.63) is 65.5 Å². The lowest BCUT2D eigenvalue weighted by Crippen LogP contribution is -2.40. The number of aliphatic imine (C=N–C) groups is 1. The minimum atomic E-state index is -0.694. The van der Waals surface area contributed by atoms with Crippen LogP contribution in [0.5, 0.6) is 5.75 Å². The SMILES string of the molecule is CCNC(=NCC1(c2ccccc2F)CC1)NCC(O)c1cccc(OC)c1. The van der Waals surface area contributed by atoms with Gasteiger partial charge in [-0.2, -0.15) is 0 Å². The van der Waals surface area contributed by atoms with E-state index in [1.54, 1.807) is 13.2 Å². The lowest BCUT2D eigenvalue weighted by molar-refractivity contribution is 0.180. The smallest absolute Gasteiger partial charge is 0.191 e. The first-order chi connectivity index (χ1) is 13.6. The van der Waals surface area contributed by atoms with Crippen LogP contribution in [0.1, 0.15) is 37.0 Å². The third-order valence-corrected chi connectivity index (χ3v) is 5.12. The number of hydrogen-bond donors (Lipinski definition) is 3. The number of halogens is 1. The number of hydrogen-bond acceptors (Lipinski definition) is 3. The van der Waals surface area contributed by atoms with Crippen LogP contribution in [0.25, 0.3) is 0 Å². The molecule has 0 aromatic heterocycles. The van der Waals surface area contributed by atoms with Crippen LogP contribution in [-0.2, 0) is 5.41 Å². The molecule has 150 valence electrons. The van der Waals surface area contributed by atoms with Crippen LogP contribution >= 0.6 is 0 Å². The van der Waals surface area contributed by atoms with Crippen LogP contribution in [0.3, 0.4) is 0 Å². The molecule has 0 aliphatic heterocycles. The zero-order chi connectivity index (χ0) is 20.0. The predicted molar refractivity (Wildman–Crippen MR) is 109 cm³/mol. The number of benzene rings is 2. The molecule has 0 bridgehead atoms. The number of methoxy groups -OCH3 is 1. The second-order valence-electron chi connectivity index (χ2n) is 7.13. The van der Waals surface area contributed by atoms with Gasteiger partial charge in [-0.3, -0.25) is 4.99 Å². The van der Waals surface area contributed by atoms with E-state index in [0.717, 1.165) is 24.0 Å². The Balaban J connectivity index is 1.64. The molecule has 0 heterocycles. The molecule has 3 N–H and O–H groups in total. The molecule has 0 spiro atoms. The normalized spacial score (nSPS) is 16.4. The van der Waals surface area contributed by atoms with Crippen molar-refractivity contribution >= 4 is 5.96 Å². The van der Waals surface area contributed by atoms with Gasteiger partial charge in [-0.05, 0) is 49.1 Å². The van der Waals surface area contributed by atoms with E-state index < -0.39 is 6.10 Å². The van der Waals surface area contributed by atoms with Crippen LogP contribution in [-0.4, -0.2) is 37.8 Å². The lowest BCUT2D eigenvalue weighted by atomic mass is 9.95. The summed E-state index contributed by atoms with van der Waals surface area (Å²) in [5, 5.41) is 16.8. The Morgan fingerprint density at radius 2 is 2.00 bits per heavy atom. The second kappa shape index (κ2) is 9.06. The topological polar surface area (TPSA) is 65.9 Å². The second-order valence-corrected chi connectivity index (χ2v) is 7.13. The van der Waals surface area contributed by atoms with Crippen molar-refractivity contribution in [2.45, 2.75) is 31.3 Å². The van der Waals surface area contributed by atoms with Crippen LogP contribution in [0.4, 0.5) is 4.39 Å². The van der Waals surface area contributed by atoms with Gasteiger partial charge in [0.05, 0.1) is 19.8 Å². The number of aliphatic hydroxyl groups excluding tert-OH is 1. The minimum Gasteiger partial charge on any atom is -0.497 e. The molecule has 28 heavy (non-hydrogen) atoms. The van der Waals surface area contributed by atoms with Crippen molar-refractivity contribution in [2.75, 3.05) is 26.7 Å². The van der Waals surface area contributed by atoms with E-state index in [9.17, 15) is 9.50 Å². The fourth-order valence-corrected chi connectivity index (χ4v) is 3.29. The molecule has 1 aliphatic carbocycles. The van der Waals surface area contributed by atoms with Gasteiger partial charge in [0, 0.05) is 18.5 Å². The molecule has 1 fully saturated rings. The molecule has 1 unspecified atom stereocenters. The van der Waals surface area contributed by atoms with E-state index in [0.29, 0.717) is 31.3 Å². The number of nitrogens with one attached hydrogen (secondary N) is 2. The maximum absolute atomic E-state index is 14.2. The molecule has 0 saturated heterocycles. The molecule has 1 aliphatic rings. The third-order valence-electron chi connectivity index (χ3n) is 5.12. The lowest BCUT2D eigenvalue weighted by Gasteiger charge is -2.18. The van der Waals surface area contributed by atoms with Crippen molar-refractivity contribution in [1.29, 1.82) is 0 Å². The molecular formula is C22H28FN3O2. The quantitative estimate of drug-likeness (QED) is 0.482. The summed E-state index contributed by atoms with van der Waals surface area (Å²) in [6.45, 7) is 3.51.